The van der Waals surface area contributed by atoms with Crippen molar-refractivity contribution in [3.63, 3.8) is 0 Å². The monoisotopic (exact) mass is 418 g/mol. The molecule has 0 amide bonds. The number of fused-ring (bicyclic) bond motifs is 1. The lowest BCUT2D eigenvalue weighted by Gasteiger charge is -2.26. The van der Waals surface area contributed by atoms with Gasteiger partial charge >= 0.3 is 5.97 Å². The number of allylic oxidation sites excluding steroid dienone is 1. The summed E-state index contributed by atoms with van der Waals surface area (Å²) in [5.41, 5.74) is 8.03. The van der Waals surface area contributed by atoms with Crippen molar-refractivity contribution in [2.24, 2.45) is 5.73 Å². The Hall–Kier alpha value is -4.18. The Bertz CT molecular complexity index is 1280. The van der Waals surface area contributed by atoms with Gasteiger partial charge in [0.15, 0.2) is 11.6 Å². The first-order valence-corrected chi connectivity index (χ1v) is 9.33. The molecule has 0 aliphatic carbocycles. The van der Waals surface area contributed by atoms with Crippen LogP contribution < -0.4 is 15.2 Å². The predicted octanol–water partition coefficient (Wildman–Crippen LogP) is 4.71. The number of nitriles is 1. The Balaban J connectivity index is 1.72. The van der Waals surface area contributed by atoms with E-state index < -0.39 is 23.5 Å². The molecule has 4 rings (SSSR count). The fraction of sp³-hybridized carbons (Fsp3) is 0.0833. The van der Waals surface area contributed by atoms with E-state index in [1.54, 1.807) is 37.3 Å². The van der Waals surface area contributed by atoms with E-state index in [1.807, 2.05) is 12.1 Å². The maximum Gasteiger partial charge on any atom is 0.343 e. The predicted molar refractivity (Wildman–Crippen MR) is 108 cm³/mol. The molecule has 5 nitrogen and oxygen atoms in total. The Labute approximate surface area is 176 Å². The van der Waals surface area contributed by atoms with E-state index in [1.165, 1.54) is 12.1 Å². The molecule has 0 saturated carbocycles. The summed E-state index contributed by atoms with van der Waals surface area (Å²) in [7, 11) is 0. The first-order chi connectivity index (χ1) is 14.9. The number of ether oxygens (including phenoxy) is 2. The van der Waals surface area contributed by atoms with Crippen LogP contribution in [0.4, 0.5) is 8.78 Å². The highest BCUT2D eigenvalue weighted by atomic mass is 19.2. The zero-order chi connectivity index (χ0) is 22.1. The third kappa shape index (κ3) is 3.71. The van der Waals surface area contributed by atoms with Crippen molar-refractivity contribution in [3.8, 4) is 17.6 Å². The van der Waals surface area contributed by atoms with Gasteiger partial charge in [-0.3, -0.25) is 0 Å². The fourth-order valence-corrected chi connectivity index (χ4v) is 3.50. The Morgan fingerprint density at radius 1 is 1.10 bits per heavy atom. The summed E-state index contributed by atoms with van der Waals surface area (Å²) in [5, 5.41) is 9.56. The number of halogens is 2. The van der Waals surface area contributed by atoms with Gasteiger partial charge in [-0.05, 0) is 42.3 Å². The molecule has 154 valence electrons. The highest BCUT2D eigenvalue weighted by molar-refractivity contribution is 5.92. The number of nitrogens with zero attached hydrogens (tertiary/aromatic N) is 1. The molecule has 2 N–H and O–H groups in total. The van der Waals surface area contributed by atoms with Crippen molar-refractivity contribution >= 4 is 5.97 Å². The van der Waals surface area contributed by atoms with Gasteiger partial charge < -0.3 is 15.2 Å². The molecule has 1 atom stereocenters. The zero-order valence-corrected chi connectivity index (χ0v) is 16.4. The summed E-state index contributed by atoms with van der Waals surface area (Å²) in [6.07, 6.45) is 0. The number of hydrogen-bond donors (Lipinski definition) is 1. The maximum atomic E-state index is 13.8. The topological polar surface area (TPSA) is 85.3 Å². The van der Waals surface area contributed by atoms with Crippen molar-refractivity contribution in [2.45, 2.75) is 12.8 Å². The van der Waals surface area contributed by atoms with E-state index in [0.29, 0.717) is 16.7 Å². The lowest BCUT2D eigenvalue weighted by molar-refractivity contribution is 0.0733. The fourth-order valence-electron chi connectivity index (χ4n) is 3.50. The minimum absolute atomic E-state index is 0.0724. The molecule has 0 bridgehead atoms. The van der Waals surface area contributed by atoms with Crippen molar-refractivity contribution in [1.29, 1.82) is 5.26 Å². The van der Waals surface area contributed by atoms with Crippen LogP contribution in [0.15, 0.2) is 72.1 Å². The van der Waals surface area contributed by atoms with Crippen LogP contribution in [-0.2, 0) is 0 Å². The molecule has 0 fully saturated rings. The van der Waals surface area contributed by atoms with Crippen LogP contribution in [0.25, 0.3) is 0 Å². The number of carbonyl (C=O) groups is 1. The minimum Gasteiger partial charge on any atom is -0.440 e. The van der Waals surface area contributed by atoms with Crippen LogP contribution in [-0.4, -0.2) is 5.97 Å². The molecule has 1 heterocycles. The molecule has 0 aromatic heterocycles. The van der Waals surface area contributed by atoms with Crippen LogP contribution in [0.5, 0.6) is 11.5 Å². The third-order valence-corrected chi connectivity index (χ3v) is 5.04. The van der Waals surface area contributed by atoms with E-state index >= 15 is 0 Å². The first kappa shape index (κ1) is 20.1. The summed E-state index contributed by atoms with van der Waals surface area (Å²) >= 11 is 0. The number of esters is 1. The molecular formula is C24H16F2N2O3. The van der Waals surface area contributed by atoms with Crippen molar-refractivity contribution in [3.05, 3.63) is 106 Å². The van der Waals surface area contributed by atoms with E-state index in [2.05, 4.69) is 0 Å². The maximum absolute atomic E-state index is 13.8. The minimum atomic E-state index is -1.04. The van der Waals surface area contributed by atoms with E-state index in [4.69, 9.17) is 15.2 Å². The Morgan fingerprint density at radius 3 is 2.58 bits per heavy atom. The molecule has 0 radical (unpaired) electrons. The van der Waals surface area contributed by atoms with Crippen LogP contribution in [0, 0.1) is 29.9 Å². The Kier molecular flexibility index (Phi) is 5.14. The number of rotatable bonds is 3. The van der Waals surface area contributed by atoms with Crippen LogP contribution in [0.1, 0.15) is 33.0 Å². The second-order valence-corrected chi connectivity index (χ2v) is 7.00. The highest BCUT2D eigenvalue weighted by Crippen LogP contribution is 2.43. The molecule has 0 saturated heterocycles. The van der Waals surface area contributed by atoms with Gasteiger partial charge in [-0.25, -0.2) is 13.6 Å². The molecule has 1 unspecified atom stereocenters. The van der Waals surface area contributed by atoms with E-state index in [-0.39, 0.29) is 23.0 Å². The summed E-state index contributed by atoms with van der Waals surface area (Å²) in [6.45, 7) is 1.80. The summed E-state index contributed by atoms with van der Waals surface area (Å²) < 4.78 is 38.3. The normalized spacial score (nSPS) is 15.0. The molecule has 1 aliphatic rings. The molecule has 31 heavy (non-hydrogen) atoms. The molecule has 1 aliphatic heterocycles. The number of aryl methyl sites for hydroxylation is 1. The average molecular weight is 418 g/mol. The highest BCUT2D eigenvalue weighted by Gasteiger charge is 2.31. The zero-order valence-electron chi connectivity index (χ0n) is 16.4. The van der Waals surface area contributed by atoms with E-state index in [0.717, 1.165) is 17.7 Å². The van der Waals surface area contributed by atoms with Crippen molar-refractivity contribution in [2.75, 3.05) is 0 Å². The lowest BCUT2D eigenvalue weighted by atomic mass is 9.83. The van der Waals surface area contributed by atoms with Gasteiger partial charge in [0.05, 0.1) is 11.5 Å². The number of nitrogens with two attached hydrogens (primary N) is 1. The summed E-state index contributed by atoms with van der Waals surface area (Å²) in [5.74, 6) is -3.02. The van der Waals surface area contributed by atoms with Gasteiger partial charge in [0.25, 0.3) is 0 Å². The van der Waals surface area contributed by atoms with Crippen molar-refractivity contribution < 1.29 is 23.0 Å². The van der Waals surface area contributed by atoms with E-state index in [9.17, 15) is 18.8 Å². The van der Waals surface area contributed by atoms with Crippen LogP contribution >= 0.6 is 0 Å². The second kappa shape index (κ2) is 7.92. The summed E-state index contributed by atoms with van der Waals surface area (Å²) in [4.78, 5) is 12.5. The van der Waals surface area contributed by atoms with Gasteiger partial charge in [0, 0.05) is 11.6 Å². The molecule has 3 aromatic carbocycles. The molecule has 0 spiro atoms. The number of carbonyl (C=O) groups excluding carboxylic acids is 1. The standard InChI is InChI=1S/C24H16F2N2O3/c1-13-4-2-3-5-16(13)24(29)30-15-7-8-17-21(11-15)31-23(28)18(12-27)22(17)14-6-9-19(25)20(26)10-14/h2-11,22H,28H2,1H3. The SMILES string of the molecule is Cc1ccccc1C(=O)Oc1ccc2c(c1)OC(N)=C(C#N)C2c1ccc(F)c(F)c1. The number of benzene rings is 3. The van der Waals surface area contributed by atoms with Gasteiger partial charge in [-0.15, -0.1) is 0 Å². The smallest absolute Gasteiger partial charge is 0.343 e. The van der Waals surface area contributed by atoms with Crippen LogP contribution in [0.2, 0.25) is 0 Å². The quantitative estimate of drug-likeness (QED) is 0.492. The molecule has 3 aromatic rings. The Morgan fingerprint density at radius 2 is 1.87 bits per heavy atom. The van der Waals surface area contributed by atoms with Gasteiger partial charge in [-0.2, -0.15) is 5.26 Å². The summed E-state index contributed by atoms with van der Waals surface area (Å²) in [6, 6.07) is 17.0. The lowest BCUT2D eigenvalue weighted by Crippen LogP contribution is -2.21. The average Bonchev–Trinajstić information content (AvgIpc) is 2.75. The van der Waals surface area contributed by atoms with Gasteiger partial charge in [-0.1, -0.05) is 30.3 Å². The first-order valence-electron chi connectivity index (χ1n) is 9.33. The number of hydrogen-bond acceptors (Lipinski definition) is 5. The van der Waals surface area contributed by atoms with Crippen LogP contribution in [0.3, 0.4) is 0 Å². The largest absolute Gasteiger partial charge is 0.440 e. The van der Waals surface area contributed by atoms with Gasteiger partial charge in [0.2, 0.25) is 5.88 Å². The third-order valence-electron chi connectivity index (χ3n) is 5.04. The second-order valence-electron chi connectivity index (χ2n) is 7.00. The molecular weight excluding hydrogens is 402 g/mol. The molecule has 7 heteroatoms. The van der Waals surface area contributed by atoms with Gasteiger partial charge in [0.1, 0.15) is 23.1 Å². The van der Waals surface area contributed by atoms with Crippen molar-refractivity contribution in [1.82, 2.24) is 0 Å².